The second kappa shape index (κ2) is 38.9. The van der Waals surface area contributed by atoms with Crippen LogP contribution in [0.25, 0.3) is 44.7 Å². The predicted molar refractivity (Wildman–Crippen MR) is 459 cm³/mol. The third-order valence-electron chi connectivity index (χ3n) is 19.2. The maximum atomic E-state index is 9.14. The molecule has 590 valence electrons. The topological polar surface area (TPSA) is 341 Å². The predicted octanol–water partition coefficient (Wildman–Crippen LogP) is 13.8. The van der Waals surface area contributed by atoms with E-state index in [1.165, 1.54) is 62.8 Å². The second-order valence-corrected chi connectivity index (χ2v) is 34.7. The first-order valence-corrected chi connectivity index (χ1v) is 41.5. The molecule has 15 rings (SSSR count). The number of hydrogen-bond acceptors (Lipinski definition) is 26. The lowest BCUT2D eigenvalue weighted by Gasteiger charge is -2.32. The molecule has 0 spiro atoms. The summed E-state index contributed by atoms with van der Waals surface area (Å²) in [7, 11) is 2.17. The minimum Gasteiger partial charge on any atom is -0.396 e. The Kier molecular flexibility index (Phi) is 29.7. The van der Waals surface area contributed by atoms with Gasteiger partial charge in [0.05, 0.1) is 0 Å². The van der Waals surface area contributed by atoms with Crippen molar-refractivity contribution in [3.63, 3.8) is 0 Å². The molecule has 0 amide bonds. The Bertz CT molecular complexity index is 5080. The average Bonchev–Trinajstić information content (AvgIpc) is 1.66. The molecule has 2 atom stereocenters. The molecule has 0 radical (unpaired) electrons. The van der Waals surface area contributed by atoms with Crippen LogP contribution in [0.1, 0.15) is 75.6 Å². The van der Waals surface area contributed by atoms with Gasteiger partial charge in [-0.3, -0.25) is 4.90 Å². The van der Waals surface area contributed by atoms with Crippen LogP contribution in [0.15, 0.2) is 138 Å². The van der Waals surface area contributed by atoms with Crippen LogP contribution < -0.4 is 38.9 Å². The van der Waals surface area contributed by atoms with Crippen LogP contribution in [0.5, 0.6) is 0 Å². The van der Waals surface area contributed by atoms with Crippen molar-refractivity contribution in [1.82, 2.24) is 104 Å². The van der Waals surface area contributed by atoms with Gasteiger partial charge < -0.3 is 67.2 Å². The summed E-state index contributed by atoms with van der Waals surface area (Å²) in [4.78, 5) is 61.9. The molecule has 0 bridgehead atoms. The largest absolute Gasteiger partial charge is 0.396 e. The van der Waals surface area contributed by atoms with Gasteiger partial charge in [0.1, 0.15) is 25.3 Å². The quantitative estimate of drug-likeness (QED) is 0.0222. The number of nitrogens with zero attached hydrogens (tertiary/aromatic N) is 18. The van der Waals surface area contributed by atoms with E-state index in [9.17, 15) is 0 Å². The fourth-order valence-electron chi connectivity index (χ4n) is 12.8. The molecule has 3 aliphatic rings. The van der Waals surface area contributed by atoms with E-state index >= 15 is 0 Å². The fourth-order valence-corrected chi connectivity index (χ4v) is 18.5. The van der Waals surface area contributed by atoms with E-state index in [2.05, 4.69) is 136 Å². The smallest absolute Gasteiger partial charge is 0.175 e. The minimum absolute atomic E-state index is 0. The lowest BCUT2D eigenvalue weighted by molar-refractivity contribution is 0.149. The van der Waals surface area contributed by atoms with E-state index in [0.717, 1.165) is 185 Å². The van der Waals surface area contributed by atoms with Gasteiger partial charge in [-0.1, -0.05) is 100 Å². The summed E-state index contributed by atoms with van der Waals surface area (Å²) in [6.07, 6.45) is 11.2. The highest BCUT2D eigenvalue weighted by molar-refractivity contribution is 8.00. The first kappa shape index (κ1) is 84.8. The first-order chi connectivity index (χ1) is 52.8. The molecular formula is C76H97Cl4N25OS5. The number of aryl methyl sites for hydroxylation is 4. The fraction of sp³-hybridized carbons (Fsp3) is 0.421. The zero-order valence-corrected chi connectivity index (χ0v) is 71.0. The van der Waals surface area contributed by atoms with Crippen molar-refractivity contribution in [2.45, 2.75) is 159 Å². The molecule has 8 aromatic heterocycles. The van der Waals surface area contributed by atoms with Crippen molar-refractivity contribution < 1.29 is 5.11 Å². The maximum Gasteiger partial charge on any atom is 0.175 e. The number of likely N-dealkylation sites (N-methyl/N-ethyl adjacent to an activating group) is 1. The van der Waals surface area contributed by atoms with Crippen molar-refractivity contribution in [3.8, 4) is 0 Å². The Morgan fingerprint density at radius 3 is 1.14 bits per heavy atom. The van der Waals surface area contributed by atoms with Gasteiger partial charge in [-0.15, -0.1) is 0 Å². The maximum absolute atomic E-state index is 9.14. The third-order valence-corrected chi connectivity index (χ3v) is 23.9. The standard InChI is InChI=1S/C20H25ClN6S.C19H24ClN7S.C19H23ClN6S.C18H23ClN6OS.H2S/c1-12-8-14(21)10-15(9-12)28-19-26-16-17(22)23-11-24-18(16)27(19)7-6-25-20(2,3)13-4-5-13;1-13-9-14(20)11-15(10-13)28-19-24-16-17(21)22-12-23-18(16)27(19)8-7-26-5-3-25(2)4-6-26;1-11-7-14(20)9-15(8-11)27-19-25-16-17(21)23-10-24-18(16)26(19)6-5-22-12(2)13-3-4-13;1-11-5-13(19)7-14(6-11)27-18-24-15-16(20)22-10-23-17(15)25(18)4-3-21-8-12(2)9-26;/h8-11,13,25H,4-7H2,1-3H3,(H2,22,23,24);9-12H,3-8H2,1-2H3,(H2,21,22,23);7-10,12-13,22H,3-6H2,1-2H3,(H2,21,23,24);5-7,10,12,21,26H,3-4,8-9H2,1-2H3,(H2,20,22,23);1H2/t;;12-;;/m..0../s1. The van der Waals surface area contributed by atoms with E-state index < -0.39 is 0 Å². The molecule has 3 fully saturated rings. The van der Waals surface area contributed by atoms with Gasteiger partial charge in [0.15, 0.2) is 88.6 Å². The van der Waals surface area contributed by atoms with Crippen LogP contribution in [0.2, 0.25) is 20.1 Å². The highest BCUT2D eigenvalue weighted by atomic mass is 35.5. The van der Waals surface area contributed by atoms with Gasteiger partial charge in [0, 0.05) is 136 Å². The number of aliphatic hydroxyl groups excluding tert-OH is 1. The van der Waals surface area contributed by atoms with E-state index in [1.54, 1.807) is 35.3 Å². The number of aliphatic hydroxyl groups is 1. The summed E-state index contributed by atoms with van der Waals surface area (Å²) < 4.78 is 8.41. The molecule has 35 heteroatoms. The number of benzene rings is 4. The lowest BCUT2D eigenvalue weighted by Crippen LogP contribution is -2.45. The van der Waals surface area contributed by atoms with Gasteiger partial charge in [0.2, 0.25) is 0 Å². The number of nitrogen functional groups attached to an aromatic ring is 4. The summed E-state index contributed by atoms with van der Waals surface area (Å²) in [5.74, 6) is 3.39. The molecule has 1 aliphatic heterocycles. The van der Waals surface area contributed by atoms with Gasteiger partial charge in [-0.05, 0) is 201 Å². The summed E-state index contributed by atoms with van der Waals surface area (Å²) >= 11 is 31.1. The molecule has 1 unspecified atom stereocenters. The number of anilines is 4. The molecule has 4 aromatic carbocycles. The van der Waals surface area contributed by atoms with Crippen molar-refractivity contribution >= 4 is 175 Å². The van der Waals surface area contributed by atoms with Crippen molar-refractivity contribution in [3.05, 3.63) is 140 Å². The Hall–Kier alpha value is -7.05. The molecule has 2 saturated carbocycles. The summed E-state index contributed by atoms with van der Waals surface area (Å²) in [6.45, 7) is 28.6. The Labute approximate surface area is 691 Å². The van der Waals surface area contributed by atoms with Crippen LogP contribution in [0, 0.1) is 45.4 Å². The van der Waals surface area contributed by atoms with E-state index in [-0.39, 0.29) is 31.6 Å². The number of piperazine rings is 1. The number of rotatable bonds is 27. The van der Waals surface area contributed by atoms with E-state index in [4.69, 9.17) is 89.4 Å². The van der Waals surface area contributed by atoms with Gasteiger partial charge in [-0.2, -0.15) is 13.5 Å². The molecule has 12 aromatic rings. The molecule has 9 heterocycles. The van der Waals surface area contributed by atoms with Crippen LogP contribution >= 0.6 is 107 Å². The van der Waals surface area contributed by atoms with Crippen LogP contribution in [0.3, 0.4) is 0 Å². The van der Waals surface area contributed by atoms with Gasteiger partial charge in [-0.25, -0.2) is 59.8 Å². The van der Waals surface area contributed by atoms with Crippen molar-refractivity contribution in [1.29, 1.82) is 0 Å². The molecule has 2 aliphatic carbocycles. The Morgan fingerprint density at radius 1 is 0.468 bits per heavy atom. The van der Waals surface area contributed by atoms with Crippen molar-refractivity contribution in [2.75, 3.05) is 95.5 Å². The molecular weight excluding hydrogens is 1580 g/mol. The zero-order chi connectivity index (χ0) is 77.9. The van der Waals surface area contributed by atoms with E-state index in [0.29, 0.717) is 68.6 Å². The number of nitrogens with two attached hydrogens (primary N) is 4. The monoisotopic (exact) mass is 1680 g/mol. The molecule has 1 saturated heterocycles. The minimum atomic E-state index is 0. The molecule has 12 N–H and O–H groups in total. The number of imidazole rings is 4. The summed E-state index contributed by atoms with van der Waals surface area (Å²) in [5, 5.41) is 26.0. The lowest BCUT2D eigenvalue weighted by atomic mass is 9.99. The third kappa shape index (κ3) is 22.9. The SMILES string of the molecule is Cc1cc(Cl)cc(Sc2nc3c(N)ncnc3n2CCN2CCN(C)CC2)c1.Cc1cc(Cl)cc(Sc2nc3c(N)ncnc3n2CCNC(C)(C)C2CC2)c1.Cc1cc(Cl)cc(Sc2nc3c(N)ncnc3n2CCNCC(C)CO)c1.Cc1cc(Cl)cc(Sc2nc3c(N)ncnc3n2CCN[C@@H](C)C2CC2)c1.S. The highest BCUT2D eigenvalue weighted by Gasteiger charge is 2.37. The normalized spacial score (nSPS) is 14.6. The zero-order valence-electron chi connectivity index (χ0n) is 63.7. The number of hydrogen-bond donors (Lipinski definition) is 8. The van der Waals surface area contributed by atoms with Crippen LogP contribution in [0.4, 0.5) is 23.3 Å². The molecule has 26 nitrogen and oxygen atoms in total. The average molecular weight is 1680 g/mol. The van der Waals surface area contributed by atoms with Crippen LogP contribution in [-0.2, 0) is 26.2 Å². The van der Waals surface area contributed by atoms with Crippen molar-refractivity contribution in [2.24, 2.45) is 17.8 Å². The first-order valence-electron chi connectivity index (χ1n) is 36.7. The van der Waals surface area contributed by atoms with E-state index in [1.807, 2.05) is 87.7 Å². The number of fused-ring (bicyclic) bond motifs is 4. The Balaban J connectivity index is 0.000000146. The number of nitrogens with one attached hydrogen (secondary N) is 3. The van der Waals surface area contributed by atoms with Gasteiger partial charge >= 0.3 is 0 Å². The molecule has 111 heavy (non-hydrogen) atoms. The number of aromatic nitrogens is 16. The highest BCUT2D eigenvalue weighted by Crippen LogP contribution is 2.41. The second-order valence-electron chi connectivity index (χ2n) is 28.8. The van der Waals surface area contributed by atoms with Gasteiger partial charge in [0.25, 0.3) is 0 Å². The Morgan fingerprint density at radius 2 is 0.811 bits per heavy atom. The van der Waals surface area contributed by atoms with Crippen LogP contribution in [-0.4, -0.2) is 177 Å². The summed E-state index contributed by atoms with van der Waals surface area (Å²) in [6, 6.07) is 24.5. The summed E-state index contributed by atoms with van der Waals surface area (Å²) in [5.41, 5.74) is 34.3. The number of halogens is 4.